The third-order valence-electron chi connectivity index (χ3n) is 2.45. The lowest BCUT2D eigenvalue weighted by molar-refractivity contribution is -0.137. The van der Waals surface area contributed by atoms with Crippen molar-refractivity contribution in [3.05, 3.63) is 29.8 Å². The Morgan fingerprint density at radius 1 is 1.06 bits per heavy atom. The Hall–Kier alpha value is -1.19. The molecule has 0 saturated heterocycles. The Balaban J connectivity index is 2.63. The molecule has 0 bridgehead atoms. The number of halogens is 3. The van der Waals surface area contributed by atoms with Gasteiger partial charge >= 0.3 is 6.18 Å². The molecule has 1 rings (SSSR count). The van der Waals surface area contributed by atoms with Crippen molar-refractivity contribution < 1.29 is 13.2 Å². The second-order valence-corrected chi connectivity index (χ2v) is 4.75. The SMILES string of the molecule is CC(C)CC(C)Nc1ccc(C(F)(F)F)cc1. The van der Waals surface area contributed by atoms with E-state index in [1.807, 2.05) is 6.92 Å². The van der Waals surface area contributed by atoms with Gasteiger partial charge in [-0.05, 0) is 43.5 Å². The fourth-order valence-corrected chi connectivity index (χ4v) is 1.81. The van der Waals surface area contributed by atoms with Crippen molar-refractivity contribution in [2.45, 2.75) is 39.4 Å². The number of rotatable bonds is 4. The van der Waals surface area contributed by atoms with E-state index in [2.05, 4.69) is 19.2 Å². The van der Waals surface area contributed by atoms with E-state index in [0.717, 1.165) is 24.2 Å². The minimum Gasteiger partial charge on any atom is -0.383 e. The van der Waals surface area contributed by atoms with Crippen molar-refractivity contribution >= 4 is 5.69 Å². The lowest BCUT2D eigenvalue weighted by atomic mass is 10.0. The van der Waals surface area contributed by atoms with E-state index >= 15 is 0 Å². The predicted molar refractivity (Wildman–Crippen MR) is 64.0 cm³/mol. The largest absolute Gasteiger partial charge is 0.416 e. The predicted octanol–water partition coefficient (Wildman–Crippen LogP) is 4.55. The molecule has 17 heavy (non-hydrogen) atoms. The number of benzene rings is 1. The molecule has 0 fully saturated rings. The van der Waals surface area contributed by atoms with E-state index in [4.69, 9.17) is 0 Å². The monoisotopic (exact) mass is 245 g/mol. The number of nitrogens with one attached hydrogen (secondary N) is 1. The summed E-state index contributed by atoms with van der Waals surface area (Å²) >= 11 is 0. The van der Waals surface area contributed by atoms with Gasteiger partial charge in [-0.1, -0.05) is 13.8 Å². The van der Waals surface area contributed by atoms with Crippen molar-refractivity contribution in [2.24, 2.45) is 5.92 Å². The first-order chi connectivity index (χ1) is 7.79. The van der Waals surface area contributed by atoms with Gasteiger partial charge in [0.2, 0.25) is 0 Å². The molecule has 0 aliphatic carbocycles. The second kappa shape index (κ2) is 5.43. The molecule has 4 heteroatoms. The van der Waals surface area contributed by atoms with Gasteiger partial charge in [-0.3, -0.25) is 0 Å². The van der Waals surface area contributed by atoms with Gasteiger partial charge in [0.15, 0.2) is 0 Å². The van der Waals surface area contributed by atoms with Crippen molar-refractivity contribution in [1.29, 1.82) is 0 Å². The lowest BCUT2D eigenvalue weighted by Gasteiger charge is -2.17. The molecular formula is C13H18F3N. The average Bonchev–Trinajstić information content (AvgIpc) is 2.15. The zero-order valence-electron chi connectivity index (χ0n) is 10.3. The Kier molecular flexibility index (Phi) is 4.43. The molecule has 1 N–H and O–H groups in total. The molecule has 0 heterocycles. The summed E-state index contributed by atoms with van der Waals surface area (Å²) in [6, 6.07) is 5.40. The Labute approximate surface area is 100 Å². The van der Waals surface area contributed by atoms with Crippen LogP contribution in [0.5, 0.6) is 0 Å². The van der Waals surface area contributed by atoms with Gasteiger partial charge in [-0.15, -0.1) is 0 Å². The van der Waals surface area contributed by atoms with Crippen LogP contribution in [0.15, 0.2) is 24.3 Å². The summed E-state index contributed by atoms with van der Waals surface area (Å²) in [5, 5.41) is 3.18. The summed E-state index contributed by atoms with van der Waals surface area (Å²) in [4.78, 5) is 0. The van der Waals surface area contributed by atoms with E-state index in [1.165, 1.54) is 12.1 Å². The third kappa shape index (κ3) is 4.67. The number of anilines is 1. The fraction of sp³-hybridized carbons (Fsp3) is 0.538. The smallest absolute Gasteiger partial charge is 0.383 e. The number of hydrogen-bond acceptors (Lipinski definition) is 1. The zero-order valence-corrected chi connectivity index (χ0v) is 10.3. The number of alkyl halides is 3. The van der Waals surface area contributed by atoms with Crippen LogP contribution in [0.2, 0.25) is 0 Å². The highest BCUT2D eigenvalue weighted by atomic mass is 19.4. The summed E-state index contributed by atoms with van der Waals surface area (Å²) in [5.74, 6) is 0.562. The summed E-state index contributed by atoms with van der Waals surface area (Å²) in [6.45, 7) is 6.26. The van der Waals surface area contributed by atoms with Gasteiger partial charge in [-0.2, -0.15) is 13.2 Å². The molecule has 1 aromatic rings. The first-order valence-electron chi connectivity index (χ1n) is 5.73. The minimum absolute atomic E-state index is 0.256. The Morgan fingerprint density at radius 2 is 1.59 bits per heavy atom. The van der Waals surface area contributed by atoms with Gasteiger partial charge in [-0.25, -0.2) is 0 Å². The molecule has 1 aromatic carbocycles. The average molecular weight is 245 g/mol. The van der Waals surface area contributed by atoms with Gasteiger partial charge in [0.1, 0.15) is 0 Å². The highest BCUT2D eigenvalue weighted by Gasteiger charge is 2.29. The summed E-state index contributed by atoms with van der Waals surface area (Å²) < 4.78 is 37.0. The quantitative estimate of drug-likeness (QED) is 0.820. The molecule has 1 nitrogen and oxygen atoms in total. The van der Waals surface area contributed by atoms with Crippen LogP contribution >= 0.6 is 0 Å². The summed E-state index contributed by atoms with van der Waals surface area (Å²) in [5.41, 5.74) is 0.116. The molecule has 0 aromatic heterocycles. The van der Waals surface area contributed by atoms with Crippen molar-refractivity contribution in [3.8, 4) is 0 Å². The van der Waals surface area contributed by atoms with Crippen LogP contribution in [0.1, 0.15) is 32.8 Å². The Morgan fingerprint density at radius 3 is 2.00 bits per heavy atom. The van der Waals surface area contributed by atoms with E-state index < -0.39 is 11.7 Å². The van der Waals surface area contributed by atoms with Crippen LogP contribution in [-0.2, 0) is 6.18 Å². The van der Waals surface area contributed by atoms with E-state index in [9.17, 15) is 13.2 Å². The molecule has 1 atom stereocenters. The molecule has 1 unspecified atom stereocenters. The van der Waals surface area contributed by atoms with E-state index in [-0.39, 0.29) is 6.04 Å². The van der Waals surface area contributed by atoms with Crippen LogP contribution in [0, 0.1) is 5.92 Å². The third-order valence-corrected chi connectivity index (χ3v) is 2.45. The molecule has 0 amide bonds. The molecule has 0 aliphatic rings. The van der Waals surface area contributed by atoms with Crippen LogP contribution < -0.4 is 5.32 Å². The highest BCUT2D eigenvalue weighted by molar-refractivity contribution is 5.45. The van der Waals surface area contributed by atoms with Crippen LogP contribution in [0.4, 0.5) is 18.9 Å². The van der Waals surface area contributed by atoms with Gasteiger partial charge < -0.3 is 5.32 Å². The summed E-state index contributed by atoms with van der Waals surface area (Å²) in [7, 11) is 0. The van der Waals surface area contributed by atoms with Crippen molar-refractivity contribution in [2.75, 3.05) is 5.32 Å². The van der Waals surface area contributed by atoms with Gasteiger partial charge in [0.25, 0.3) is 0 Å². The van der Waals surface area contributed by atoms with Gasteiger partial charge in [0.05, 0.1) is 5.56 Å². The Bertz CT molecular complexity index is 341. The van der Waals surface area contributed by atoms with Crippen LogP contribution in [-0.4, -0.2) is 6.04 Å². The highest BCUT2D eigenvalue weighted by Crippen LogP contribution is 2.29. The molecule has 0 spiro atoms. The first-order valence-corrected chi connectivity index (χ1v) is 5.73. The van der Waals surface area contributed by atoms with Crippen LogP contribution in [0.3, 0.4) is 0 Å². The maximum atomic E-state index is 12.3. The molecule has 96 valence electrons. The fourth-order valence-electron chi connectivity index (χ4n) is 1.81. The summed E-state index contributed by atoms with van der Waals surface area (Å²) in [6.07, 6.45) is -3.27. The topological polar surface area (TPSA) is 12.0 Å². The maximum Gasteiger partial charge on any atom is 0.416 e. The lowest BCUT2D eigenvalue weighted by Crippen LogP contribution is -2.17. The number of hydrogen-bond donors (Lipinski definition) is 1. The van der Waals surface area contributed by atoms with E-state index in [0.29, 0.717) is 5.92 Å². The first kappa shape index (κ1) is 13.9. The standard InChI is InChI=1S/C13H18F3N/c1-9(2)8-10(3)17-12-6-4-11(5-7-12)13(14,15)16/h4-7,9-10,17H,8H2,1-3H3. The normalized spacial score (nSPS) is 13.8. The molecule has 0 aliphatic heterocycles. The maximum absolute atomic E-state index is 12.3. The van der Waals surface area contributed by atoms with Crippen molar-refractivity contribution in [1.82, 2.24) is 0 Å². The van der Waals surface area contributed by atoms with Crippen LogP contribution in [0.25, 0.3) is 0 Å². The second-order valence-electron chi connectivity index (χ2n) is 4.75. The van der Waals surface area contributed by atoms with Crippen molar-refractivity contribution in [3.63, 3.8) is 0 Å². The van der Waals surface area contributed by atoms with E-state index in [1.54, 1.807) is 0 Å². The molecular weight excluding hydrogens is 227 g/mol. The molecule has 0 radical (unpaired) electrons. The molecule has 0 saturated carbocycles. The van der Waals surface area contributed by atoms with Gasteiger partial charge in [0, 0.05) is 11.7 Å². The minimum atomic E-state index is -4.26. The zero-order chi connectivity index (χ0) is 13.1.